The highest BCUT2D eigenvalue weighted by Crippen LogP contribution is 2.10. The van der Waals surface area contributed by atoms with Crippen molar-refractivity contribution in [2.75, 3.05) is 25.0 Å². The zero-order valence-electron chi connectivity index (χ0n) is 9.83. The number of benzene rings is 1. The summed E-state index contributed by atoms with van der Waals surface area (Å²) in [6.07, 6.45) is -0.352. The number of nitrogens with one attached hydrogen (secondary N) is 1. The lowest BCUT2D eigenvalue weighted by Crippen LogP contribution is -2.51. The van der Waals surface area contributed by atoms with Crippen molar-refractivity contribution in [3.8, 4) is 0 Å². The number of ether oxygens (including phenoxy) is 1. The lowest BCUT2D eigenvalue weighted by atomic mass is 10.3. The van der Waals surface area contributed by atoms with Crippen LogP contribution in [0.25, 0.3) is 0 Å². The van der Waals surface area contributed by atoms with E-state index in [1.165, 1.54) is 0 Å². The predicted molar refractivity (Wildman–Crippen MR) is 73.6 cm³/mol. The van der Waals surface area contributed by atoms with Gasteiger partial charge in [-0.15, -0.1) is 0 Å². The molecular weight excluding hydrogens is 250 g/mol. The molecule has 1 aliphatic rings. The summed E-state index contributed by atoms with van der Waals surface area (Å²) in [6, 6.07) is 9.14. The van der Waals surface area contributed by atoms with Gasteiger partial charge in [-0.05, 0) is 12.1 Å². The molecule has 0 saturated carbocycles. The first kappa shape index (κ1) is 12.8. The van der Waals surface area contributed by atoms with Gasteiger partial charge in [0.2, 0.25) is 0 Å². The van der Waals surface area contributed by atoms with Gasteiger partial charge in [0, 0.05) is 12.2 Å². The monoisotopic (exact) mass is 265 g/mol. The zero-order valence-corrected chi connectivity index (χ0v) is 10.7. The van der Waals surface area contributed by atoms with Crippen molar-refractivity contribution in [3.05, 3.63) is 30.3 Å². The third-order valence-corrected chi connectivity index (χ3v) is 2.96. The molecular formula is C12H15N3O2S. The number of hydrogen-bond donors (Lipinski definition) is 2. The Labute approximate surface area is 111 Å². The minimum atomic E-state index is -0.352. The Morgan fingerprint density at radius 3 is 2.83 bits per heavy atom. The van der Waals surface area contributed by atoms with Gasteiger partial charge in [0.1, 0.15) is 11.1 Å². The van der Waals surface area contributed by atoms with Crippen LogP contribution < -0.4 is 11.1 Å². The van der Waals surface area contributed by atoms with Gasteiger partial charge in [-0.25, -0.2) is 4.79 Å². The van der Waals surface area contributed by atoms with E-state index in [1.807, 2.05) is 30.3 Å². The largest absolute Gasteiger partial charge is 0.391 e. The molecule has 1 fully saturated rings. The molecule has 0 radical (unpaired) electrons. The number of morpholine rings is 1. The van der Waals surface area contributed by atoms with E-state index in [0.717, 1.165) is 5.69 Å². The van der Waals surface area contributed by atoms with Crippen LogP contribution in [-0.4, -0.2) is 41.7 Å². The van der Waals surface area contributed by atoms with Crippen LogP contribution >= 0.6 is 12.2 Å². The van der Waals surface area contributed by atoms with Crippen LogP contribution in [0.2, 0.25) is 0 Å². The number of carbonyl (C=O) groups excluding carboxylic acids is 1. The molecule has 1 unspecified atom stereocenters. The summed E-state index contributed by atoms with van der Waals surface area (Å²) < 4.78 is 5.38. The standard InChI is InChI=1S/C12H15N3O2S/c13-11(18)10-8-15(6-7-17-10)12(16)14-9-4-2-1-3-5-9/h1-5,10H,6-8H2,(H2,13,18)(H,14,16). The van der Waals surface area contributed by atoms with Gasteiger partial charge in [-0.2, -0.15) is 0 Å². The molecule has 0 aromatic heterocycles. The van der Waals surface area contributed by atoms with Gasteiger partial charge in [0.05, 0.1) is 13.2 Å². The van der Waals surface area contributed by atoms with E-state index in [1.54, 1.807) is 4.90 Å². The Morgan fingerprint density at radius 1 is 1.44 bits per heavy atom. The van der Waals surface area contributed by atoms with E-state index in [4.69, 9.17) is 22.7 Å². The van der Waals surface area contributed by atoms with Crippen LogP contribution in [0, 0.1) is 0 Å². The fraction of sp³-hybridized carbons (Fsp3) is 0.333. The molecule has 1 aromatic carbocycles. The first-order valence-corrected chi connectivity index (χ1v) is 6.09. The van der Waals surface area contributed by atoms with Crippen LogP contribution in [-0.2, 0) is 4.74 Å². The van der Waals surface area contributed by atoms with Gasteiger partial charge in [-0.3, -0.25) is 0 Å². The van der Waals surface area contributed by atoms with Gasteiger partial charge in [0.15, 0.2) is 0 Å². The number of carbonyl (C=O) groups is 1. The first-order valence-electron chi connectivity index (χ1n) is 5.68. The number of nitrogens with two attached hydrogens (primary N) is 1. The molecule has 6 heteroatoms. The smallest absolute Gasteiger partial charge is 0.322 e. The Hall–Kier alpha value is -1.66. The fourth-order valence-corrected chi connectivity index (χ4v) is 1.87. The Morgan fingerprint density at radius 2 is 2.17 bits per heavy atom. The van der Waals surface area contributed by atoms with Gasteiger partial charge in [0.25, 0.3) is 0 Å². The van der Waals surface area contributed by atoms with Crippen LogP contribution in [0.4, 0.5) is 10.5 Å². The average molecular weight is 265 g/mol. The maximum Gasteiger partial charge on any atom is 0.322 e. The molecule has 1 saturated heterocycles. The number of anilines is 1. The van der Waals surface area contributed by atoms with Crippen molar-refractivity contribution in [1.29, 1.82) is 0 Å². The summed E-state index contributed by atoms with van der Waals surface area (Å²) in [7, 11) is 0. The molecule has 1 aliphatic heterocycles. The minimum absolute atomic E-state index is 0.161. The average Bonchev–Trinajstić information content (AvgIpc) is 2.40. The molecule has 96 valence electrons. The number of thiocarbonyl (C=S) groups is 1. The molecule has 18 heavy (non-hydrogen) atoms. The van der Waals surface area contributed by atoms with Crippen molar-refractivity contribution in [2.24, 2.45) is 5.73 Å². The van der Waals surface area contributed by atoms with E-state index < -0.39 is 0 Å². The van der Waals surface area contributed by atoms with Crippen molar-refractivity contribution < 1.29 is 9.53 Å². The third-order valence-electron chi connectivity index (χ3n) is 2.70. The van der Waals surface area contributed by atoms with E-state index in [2.05, 4.69) is 5.32 Å². The number of amides is 2. The third kappa shape index (κ3) is 3.18. The zero-order chi connectivity index (χ0) is 13.0. The van der Waals surface area contributed by atoms with Crippen molar-refractivity contribution in [1.82, 2.24) is 4.90 Å². The highest BCUT2D eigenvalue weighted by atomic mass is 32.1. The molecule has 1 atom stereocenters. The van der Waals surface area contributed by atoms with Gasteiger partial charge >= 0.3 is 6.03 Å². The van der Waals surface area contributed by atoms with Crippen LogP contribution in [0.15, 0.2) is 30.3 Å². The second-order valence-electron chi connectivity index (χ2n) is 4.00. The van der Waals surface area contributed by atoms with E-state index in [9.17, 15) is 4.79 Å². The number of urea groups is 1. The predicted octanol–water partition coefficient (Wildman–Crippen LogP) is 1.21. The molecule has 0 bridgehead atoms. The second-order valence-corrected chi connectivity index (χ2v) is 4.48. The number of nitrogens with zero attached hydrogens (tertiary/aromatic N) is 1. The number of hydrogen-bond acceptors (Lipinski definition) is 3. The lowest BCUT2D eigenvalue weighted by Gasteiger charge is -2.32. The van der Waals surface area contributed by atoms with Crippen LogP contribution in [0.3, 0.4) is 0 Å². The topological polar surface area (TPSA) is 67.6 Å². The maximum absolute atomic E-state index is 12.0. The second kappa shape index (κ2) is 5.79. The summed E-state index contributed by atoms with van der Waals surface area (Å²) in [5, 5.41) is 2.82. The first-order chi connectivity index (χ1) is 8.66. The van der Waals surface area contributed by atoms with E-state index in [0.29, 0.717) is 19.7 Å². The molecule has 1 heterocycles. The minimum Gasteiger partial charge on any atom is -0.391 e. The van der Waals surface area contributed by atoms with Gasteiger partial charge in [-0.1, -0.05) is 30.4 Å². The molecule has 0 spiro atoms. The quantitative estimate of drug-likeness (QED) is 0.789. The highest BCUT2D eigenvalue weighted by molar-refractivity contribution is 7.80. The Bertz CT molecular complexity index is 438. The van der Waals surface area contributed by atoms with E-state index >= 15 is 0 Å². The fourth-order valence-electron chi connectivity index (χ4n) is 1.73. The number of para-hydroxylation sites is 1. The van der Waals surface area contributed by atoms with Crippen LogP contribution in [0.5, 0.6) is 0 Å². The molecule has 2 rings (SSSR count). The molecule has 5 nitrogen and oxygen atoms in total. The lowest BCUT2D eigenvalue weighted by molar-refractivity contribution is 0.0251. The maximum atomic E-state index is 12.0. The van der Waals surface area contributed by atoms with E-state index in [-0.39, 0.29) is 17.1 Å². The summed E-state index contributed by atoms with van der Waals surface area (Å²) >= 11 is 4.88. The van der Waals surface area contributed by atoms with Crippen molar-refractivity contribution in [2.45, 2.75) is 6.10 Å². The summed E-state index contributed by atoms with van der Waals surface area (Å²) in [5.74, 6) is 0. The summed E-state index contributed by atoms with van der Waals surface area (Å²) in [6.45, 7) is 1.38. The molecule has 3 N–H and O–H groups in total. The highest BCUT2D eigenvalue weighted by Gasteiger charge is 2.25. The number of rotatable bonds is 2. The Balaban J connectivity index is 1.95. The molecule has 2 amide bonds. The summed E-state index contributed by atoms with van der Waals surface area (Å²) in [5.41, 5.74) is 6.29. The van der Waals surface area contributed by atoms with Gasteiger partial charge < -0.3 is 20.7 Å². The molecule has 1 aromatic rings. The van der Waals surface area contributed by atoms with Crippen molar-refractivity contribution >= 4 is 28.9 Å². The van der Waals surface area contributed by atoms with Crippen LogP contribution in [0.1, 0.15) is 0 Å². The van der Waals surface area contributed by atoms with Crippen molar-refractivity contribution in [3.63, 3.8) is 0 Å². The Kier molecular flexibility index (Phi) is 4.11. The summed E-state index contributed by atoms with van der Waals surface area (Å²) in [4.78, 5) is 13.9. The SMILES string of the molecule is NC(=S)C1CN(C(=O)Nc2ccccc2)CCO1. The molecule has 0 aliphatic carbocycles. The normalized spacial score (nSPS) is 19.3.